The van der Waals surface area contributed by atoms with Crippen LogP contribution in [-0.4, -0.2) is 5.97 Å². The molecule has 2 rings (SSSR count). The van der Waals surface area contributed by atoms with Crippen molar-refractivity contribution < 1.29 is 9.53 Å². The maximum atomic E-state index is 11.7. The summed E-state index contributed by atoms with van der Waals surface area (Å²) < 4.78 is 5.18. The van der Waals surface area contributed by atoms with Crippen molar-refractivity contribution >= 4 is 17.6 Å². The number of ether oxygens (including phenoxy) is 1. The van der Waals surface area contributed by atoms with Gasteiger partial charge in [0.1, 0.15) is 5.76 Å². The predicted octanol–water partition coefficient (Wildman–Crippen LogP) is 4.05. The Bertz CT molecular complexity index is 498. The highest BCUT2D eigenvalue weighted by Crippen LogP contribution is 2.22. The minimum atomic E-state index is -0.243. The molecule has 1 aromatic rings. The smallest absolute Gasteiger partial charge is 0.339 e. The first-order valence-corrected chi connectivity index (χ1v) is 6.44. The van der Waals surface area contributed by atoms with Gasteiger partial charge in [-0.05, 0) is 36.3 Å². The van der Waals surface area contributed by atoms with Crippen LogP contribution in [0, 0.1) is 0 Å². The average Bonchev–Trinajstić information content (AvgIpc) is 2.70. The fourth-order valence-electron chi connectivity index (χ4n) is 1.77. The Hall–Kier alpha value is -1.54. The second kappa shape index (κ2) is 5.87. The lowest BCUT2D eigenvalue weighted by molar-refractivity contribution is -0.133. The van der Waals surface area contributed by atoms with Gasteiger partial charge in [-0.1, -0.05) is 37.1 Å². The van der Waals surface area contributed by atoms with Crippen LogP contribution >= 0.6 is 11.6 Å². The number of halogens is 1. The molecular formula is C15H15ClO2. The SMILES string of the molecule is CCC/C=C1/C=C(Cc2ccc(Cl)cc2)C(=O)O1. The minimum absolute atomic E-state index is 0.243. The first-order chi connectivity index (χ1) is 8.69. The number of hydrogen-bond donors (Lipinski definition) is 0. The fraction of sp³-hybridized carbons (Fsp3) is 0.267. The van der Waals surface area contributed by atoms with Crippen LogP contribution in [0.25, 0.3) is 0 Å². The van der Waals surface area contributed by atoms with Crippen molar-refractivity contribution in [3.63, 3.8) is 0 Å². The van der Waals surface area contributed by atoms with E-state index in [1.165, 1.54) is 0 Å². The Morgan fingerprint density at radius 3 is 2.67 bits per heavy atom. The number of rotatable bonds is 4. The van der Waals surface area contributed by atoms with E-state index in [0.717, 1.165) is 18.4 Å². The molecule has 0 aromatic heterocycles. The van der Waals surface area contributed by atoms with Gasteiger partial charge in [0.25, 0.3) is 0 Å². The number of carbonyl (C=O) groups excluding carboxylic acids is 1. The molecule has 1 aromatic carbocycles. The van der Waals surface area contributed by atoms with Crippen LogP contribution in [0.4, 0.5) is 0 Å². The van der Waals surface area contributed by atoms with Crippen LogP contribution in [0.2, 0.25) is 5.02 Å². The second-order valence-corrected chi connectivity index (χ2v) is 4.69. The maximum Gasteiger partial charge on any atom is 0.339 e. The van der Waals surface area contributed by atoms with Gasteiger partial charge in [0.15, 0.2) is 0 Å². The van der Waals surface area contributed by atoms with E-state index in [0.29, 0.717) is 22.8 Å². The summed E-state index contributed by atoms with van der Waals surface area (Å²) in [7, 11) is 0. The largest absolute Gasteiger partial charge is 0.423 e. The zero-order valence-electron chi connectivity index (χ0n) is 10.3. The lowest BCUT2D eigenvalue weighted by atomic mass is 10.1. The fourth-order valence-corrected chi connectivity index (χ4v) is 1.89. The lowest BCUT2D eigenvalue weighted by Gasteiger charge is -2.00. The molecule has 0 unspecified atom stereocenters. The third-order valence-corrected chi connectivity index (χ3v) is 2.98. The Balaban J connectivity index is 2.09. The third-order valence-electron chi connectivity index (χ3n) is 2.73. The molecule has 18 heavy (non-hydrogen) atoms. The molecule has 0 spiro atoms. The first-order valence-electron chi connectivity index (χ1n) is 6.06. The van der Waals surface area contributed by atoms with E-state index in [1.54, 1.807) is 0 Å². The van der Waals surface area contributed by atoms with Gasteiger partial charge in [0, 0.05) is 17.0 Å². The Morgan fingerprint density at radius 2 is 2.00 bits per heavy atom. The molecule has 0 fully saturated rings. The average molecular weight is 263 g/mol. The maximum absolute atomic E-state index is 11.7. The Morgan fingerprint density at radius 1 is 1.28 bits per heavy atom. The molecule has 3 heteroatoms. The molecule has 1 heterocycles. The zero-order chi connectivity index (χ0) is 13.0. The van der Waals surface area contributed by atoms with Crippen LogP contribution in [-0.2, 0) is 16.0 Å². The van der Waals surface area contributed by atoms with E-state index in [2.05, 4.69) is 6.92 Å². The highest BCUT2D eigenvalue weighted by Gasteiger charge is 2.20. The van der Waals surface area contributed by atoms with Crippen molar-refractivity contribution in [3.8, 4) is 0 Å². The van der Waals surface area contributed by atoms with Gasteiger partial charge < -0.3 is 4.74 Å². The van der Waals surface area contributed by atoms with Gasteiger partial charge in [-0.25, -0.2) is 4.79 Å². The van der Waals surface area contributed by atoms with Crippen molar-refractivity contribution in [2.45, 2.75) is 26.2 Å². The number of unbranched alkanes of at least 4 members (excludes halogenated alkanes) is 1. The molecule has 0 bridgehead atoms. The molecule has 1 aliphatic rings. The van der Waals surface area contributed by atoms with Gasteiger partial charge >= 0.3 is 5.97 Å². The summed E-state index contributed by atoms with van der Waals surface area (Å²) in [4.78, 5) is 11.7. The van der Waals surface area contributed by atoms with E-state index >= 15 is 0 Å². The van der Waals surface area contributed by atoms with E-state index < -0.39 is 0 Å². The summed E-state index contributed by atoms with van der Waals surface area (Å²) in [6.07, 6.45) is 6.33. The van der Waals surface area contributed by atoms with Crippen LogP contribution in [0.3, 0.4) is 0 Å². The molecule has 94 valence electrons. The van der Waals surface area contributed by atoms with Crippen LogP contribution in [0.15, 0.2) is 47.7 Å². The van der Waals surface area contributed by atoms with Gasteiger partial charge in [-0.3, -0.25) is 0 Å². The van der Waals surface area contributed by atoms with Crippen molar-refractivity contribution in [3.05, 3.63) is 58.3 Å². The molecular weight excluding hydrogens is 248 g/mol. The highest BCUT2D eigenvalue weighted by atomic mass is 35.5. The number of cyclic esters (lactones) is 1. The molecule has 2 nitrogen and oxygen atoms in total. The standard InChI is InChI=1S/C15H15ClO2/c1-2-3-4-14-10-12(15(17)18-14)9-11-5-7-13(16)8-6-11/h4-8,10H,2-3,9H2,1H3/b14-4-. The second-order valence-electron chi connectivity index (χ2n) is 4.26. The van der Waals surface area contributed by atoms with Crippen molar-refractivity contribution in [1.29, 1.82) is 0 Å². The number of carbonyl (C=O) groups is 1. The quantitative estimate of drug-likeness (QED) is 0.765. The summed E-state index contributed by atoms with van der Waals surface area (Å²) in [5.41, 5.74) is 1.75. The van der Waals surface area contributed by atoms with Gasteiger partial charge in [-0.2, -0.15) is 0 Å². The first kappa shape index (κ1) is 12.9. The van der Waals surface area contributed by atoms with Crippen LogP contribution in [0.1, 0.15) is 25.3 Å². The Kier molecular flexibility index (Phi) is 4.21. The van der Waals surface area contributed by atoms with Crippen LogP contribution < -0.4 is 0 Å². The van der Waals surface area contributed by atoms with E-state index in [9.17, 15) is 4.79 Å². The minimum Gasteiger partial charge on any atom is -0.423 e. The van der Waals surface area contributed by atoms with Crippen molar-refractivity contribution in [1.82, 2.24) is 0 Å². The molecule has 0 amide bonds. The number of benzene rings is 1. The molecule has 0 saturated carbocycles. The van der Waals surface area contributed by atoms with Gasteiger partial charge in [0.05, 0.1) is 0 Å². The van der Waals surface area contributed by atoms with Gasteiger partial charge in [0.2, 0.25) is 0 Å². The highest BCUT2D eigenvalue weighted by molar-refractivity contribution is 6.30. The summed E-state index contributed by atoms with van der Waals surface area (Å²) >= 11 is 5.82. The molecule has 0 radical (unpaired) electrons. The van der Waals surface area contributed by atoms with Crippen molar-refractivity contribution in [2.75, 3.05) is 0 Å². The third kappa shape index (κ3) is 3.23. The molecule has 0 N–H and O–H groups in total. The van der Waals surface area contributed by atoms with E-state index in [4.69, 9.17) is 16.3 Å². The van der Waals surface area contributed by atoms with E-state index in [1.807, 2.05) is 36.4 Å². The van der Waals surface area contributed by atoms with Crippen LogP contribution in [0.5, 0.6) is 0 Å². The monoisotopic (exact) mass is 262 g/mol. The normalized spacial score (nSPS) is 16.9. The Labute approximate surface area is 112 Å². The number of allylic oxidation sites excluding steroid dienone is 2. The van der Waals surface area contributed by atoms with Crippen molar-refractivity contribution in [2.24, 2.45) is 0 Å². The predicted molar refractivity (Wildman–Crippen MR) is 72.3 cm³/mol. The number of esters is 1. The van der Waals surface area contributed by atoms with E-state index in [-0.39, 0.29) is 5.97 Å². The molecule has 0 saturated heterocycles. The molecule has 0 atom stereocenters. The molecule has 0 aliphatic carbocycles. The summed E-state index contributed by atoms with van der Waals surface area (Å²) in [5, 5.41) is 0.699. The summed E-state index contributed by atoms with van der Waals surface area (Å²) in [6, 6.07) is 7.49. The zero-order valence-corrected chi connectivity index (χ0v) is 11.0. The summed E-state index contributed by atoms with van der Waals surface area (Å²) in [6.45, 7) is 2.09. The topological polar surface area (TPSA) is 26.3 Å². The lowest BCUT2D eigenvalue weighted by Crippen LogP contribution is -2.01. The summed E-state index contributed by atoms with van der Waals surface area (Å²) in [5.74, 6) is 0.429. The van der Waals surface area contributed by atoms with Gasteiger partial charge in [-0.15, -0.1) is 0 Å². The number of hydrogen-bond acceptors (Lipinski definition) is 2. The molecule has 1 aliphatic heterocycles.